The predicted molar refractivity (Wildman–Crippen MR) is 117 cm³/mol. The van der Waals surface area contributed by atoms with E-state index in [2.05, 4.69) is 54.4 Å². The monoisotopic (exact) mass is 392 g/mol. The fourth-order valence-electron chi connectivity index (χ4n) is 3.87. The van der Waals surface area contributed by atoms with Gasteiger partial charge >= 0.3 is 0 Å². The molecule has 0 heterocycles. The van der Waals surface area contributed by atoms with Crippen LogP contribution in [0.15, 0.2) is 42.5 Å². The second-order valence-electron chi connectivity index (χ2n) is 7.81. The molecule has 1 aliphatic rings. The maximum absolute atomic E-state index is 12.4. The molecule has 1 N–H and O–H groups in total. The third-order valence-corrected chi connectivity index (χ3v) is 5.81. The fraction of sp³-hybridized carbons (Fsp3) is 0.440. The lowest BCUT2D eigenvalue weighted by Crippen LogP contribution is -2.23. The van der Waals surface area contributed by atoms with Crippen LogP contribution in [-0.4, -0.2) is 29.7 Å². The van der Waals surface area contributed by atoms with Crippen molar-refractivity contribution in [2.75, 3.05) is 13.1 Å². The standard InChI is InChI=1S/C25H32N2O2/c1-3-27(4-2)18-20-10-8-19(9-11-20)17-26-25(29)15-14-24(28)23-13-12-21-6-5-7-22(21)16-23/h8-13,16H,3-7,14-15,17-18H2,1-2H3,(H,26,29). The molecule has 0 atom stereocenters. The molecule has 3 rings (SSSR count). The van der Waals surface area contributed by atoms with Crippen LogP contribution in [0.3, 0.4) is 0 Å². The summed E-state index contributed by atoms with van der Waals surface area (Å²) in [5.74, 6) is -0.0256. The molecule has 4 nitrogen and oxygen atoms in total. The van der Waals surface area contributed by atoms with Gasteiger partial charge in [0.25, 0.3) is 0 Å². The minimum atomic E-state index is -0.0771. The highest BCUT2D eigenvalue weighted by molar-refractivity contribution is 5.98. The van der Waals surface area contributed by atoms with E-state index >= 15 is 0 Å². The Hall–Kier alpha value is -2.46. The van der Waals surface area contributed by atoms with Crippen LogP contribution >= 0.6 is 0 Å². The molecule has 0 spiro atoms. The lowest BCUT2D eigenvalue weighted by atomic mass is 10.0. The first kappa shape index (κ1) is 21.3. The summed E-state index contributed by atoms with van der Waals surface area (Å²) in [4.78, 5) is 26.9. The summed E-state index contributed by atoms with van der Waals surface area (Å²) in [5.41, 5.74) is 5.75. The van der Waals surface area contributed by atoms with Gasteiger partial charge in [0.2, 0.25) is 5.91 Å². The lowest BCUT2D eigenvalue weighted by Gasteiger charge is -2.18. The number of ketones is 1. The third-order valence-electron chi connectivity index (χ3n) is 5.81. The van der Waals surface area contributed by atoms with E-state index in [1.807, 2.05) is 12.1 Å². The first-order valence-electron chi connectivity index (χ1n) is 10.8. The molecule has 2 aromatic rings. The minimum absolute atomic E-state index is 0.0515. The van der Waals surface area contributed by atoms with E-state index < -0.39 is 0 Å². The van der Waals surface area contributed by atoms with Gasteiger partial charge in [0, 0.05) is 31.5 Å². The van der Waals surface area contributed by atoms with E-state index in [9.17, 15) is 9.59 Å². The minimum Gasteiger partial charge on any atom is -0.352 e. The Morgan fingerprint density at radius 2 is 1.59 bits per heavy atom. The Bertz CT molecular complexity index is 838. The molecule has 1 amide bonds. The highest BCUT2D eigenvalue weighted by atomic mass is 16.2. The van der Waals surface area contributed by atoms with Gasteiger partial charge in [-0.2, -0.15) is 0 Å². The maximum Gasteiger partial charge on any atom is 0.220 e. The smallest absolute Gasteiger partial charge is 0.220 e. The molecule has 0 aromatic heterocycles. The molecule has 0 saturated heterocycles. The molecule has 0 fully saturated rings. The molecule has 0 unspecified atom stereocenters. The Balaban J connectivity index is 1.42. The highest BCUT2D eigenvalue weighted by Crippen LogP contribution is 2.23. The van der Waals surface area contributed by atoms with Crippen LogP contribution in [-0.2, 0) is 30.7 Å². The van der Waals surface area contributed by atoms with Gasteiger partial charge in [0.05, 0.1) is 0 Å². The van der Waals surface area contributed by atoms with Crippen LogP contribution in [0.2, 0.25) is 0 Å². The van der Waals surface area contributed by atoms with Gasteiger partial charge in [-0.25, -0.2) is 0 Å². The van der Waals surface area contributed by atoms with Crippen molar-refractivity contribution < 1.29 is 9.59 Å². The molecule has 29 heavy (non-hydrogen) atoms. The molecule has 0 radical (unpaired) electrons. The summed E-state index contributed by atoms with van der Waals surface area (Å²) in [7, 11) is 0. The van der Waals surface area contributed by atoms with Crippen LogP contribution in [0.1, 0.15) is 65.7 Å². The van der Waals surface area contributed by atoms with Crippen molar-refractivity contribution in [1.82, 2.24) is 10.2 Å². The van der Waals surface area contributed by atoms with Gasteiger partial charge in [-0.1, -0.05) is 50.2 Å². The predicted octanol–water partition coefficient (Wildman–Crippen LogP) is 4.30. The van der Waals surface area contributed by atoms with Crippen LogP contribution in [0.25, 0.3) is 0 Å². The number of nitrogens with zero attached hydrogens (tertiary/aromatic N) is 1. The van der Waals surface area contributed by atoms with E-state index in [1.165, 1.54) is 23.1 Å². The Kier molecular flexibility index (Phi) is 7.59. The number of benzene rings is 2. The van der Waals surface area contributed by atoms with Gasteiger partial charge in [-0.3, -0.25) is 14.5 Å². The van der Waals surface area contributed by atoms with Crippen molar-refractivity contribution >= 4 is 11.7 Å². The summed E-state index contributed by atoms with van der Waals surface area (Å²) in [5, 5.41) is 2.93. The largest absolute Gasteiger partial charge is 0.352 e. The zero-order chi connectivity index (χ0) is 20.6. The number of hydrogen-bond acceptors (Lipinski definition) is 3. The van der Waals surface area contributed by atoms with Crippen LogP contribution in [0.4, 0.5) is 0 Å². The molecule has 0 saturated carbocycles. The Morgan fingerprint density at radius 1 is 0.897 bits per heavy atom. The van der Waals surface area contributed by atoms with E-state index in [0.29, 0.717) is 6.54 Å². The summed E-state index contributed by atoms with van der Waals surface area (Å²) in [6, 6.07) is 14.4. The van der Waals surface area contributed by atoms with E-state index in [-0.39, 0.29) is 24.5 Å². The topological polar surface area (TPSA) is 49.4 Å². The first-order valence-corrected chi connectivity index (χ1v) is 10.8. The van der Waals surface area contributed by atoms with Crippen molar-refractivity contribution in [3.8, 4) is 0 Å². The summed E-state index contributed by atoms with van der Waals surface area (Å²) in [6.45, 7) is 7.86. The number of Topliss-reactive ketones (excluding diaryl/α,β-unsaturated/α-hetero) is 1. The number of nitrogens with one attached hydrogen (secondary N) is 1. The summed E-state index contributed by atoms with van der Waals surface area (Å²) < 4.78 is 0. The average Bonchev–Trinajstić information content (AvgIpc) is 3.23. The normalized spacial score (nSPS) is 12.8. The zero-order valence-corrected chi connectivity index (χ0v) is 17.7. The SMILES string of the molecule is CCN(CC)Cc1ccc(CNC(=O)CCC(=O)c2ccc3c(c2)CCC3)cc1. The lowest BCUT2D eigenvalue weighted by molar-refractivity contribution is -0.121. The second kappa shape index (κ2) is 10.4. The number of fused-ring (bicyclic) bond motifs is 1. The number of amides is 1. The van der Waals surface area contributed by atoms with Crippen LogP contribution in [0, 0.1) is 0 Å². The molecule has 0 bridgehead atoms. The van der Waals surface area contributed by atoms with E-state index in [4.69, 9.17) is 0 Å². The zero-order valence-electron chi connectivity index (χ0n) is 17.7. The van der Waals surface area contributed by atoms with E-state index in [0.717, 1.165) is 43.6 Å². The molecule has 2 aromatic carbocycles. The summed E-state index contributed by atoms with van der Waals surface area (Å²) in [6.07, 6.45) is 3.84. The molecule has 4 heteroatoms. The van der Waals surface area contributed by atoms with Crippen molar-refractivity contribution in [2.45, 2.75) is 59.0 Å². The van der Waals surface area contributed by atoms with Crippen LogP contribution < -0.4 is 5.32 Å². The molecular weight excluding hydrogens is 360 g/mol. The van der Waals surface area contributed by atoms with Crippen molar-refractivity contribution in [2.24, 2.45) is 0 Å². The first-order chi connectivity index (χ1) is 14.1. The van der Waals surface area contributed by atoms with Crippen molar-refractivity contribution in [3.05, 3.63) is 70.3 Å². The number of hydrogen-bond donors (Lipinski definition) is 1. The Morgan fingerprint density at radius 3 is 2.31 bits per heavy atom. The fourth-order valence-corrected chi connectivity index (χ4v) is 3.87. The molecule has 0 aliphatic heterocycles. The maximum atomic E-state index is 12.4. The summed E-state index contributed by atoms with van der Waals surface area (Å²) >= 11 is 0. The number of carbonyl (C=O) groups is 2. The average molecular weight is 393 g/mol. The Labute approximate surface area is 174 Å². The number of aryl methyl sites for hydroxylation is 2. The number of carbonyl (C=O) groups excluding carboxylic acids is 2. The second-order valence-corrected chi connectivity index (χ2v) is 7.81. The van der Waals surface area contributed by atoms with Gasteiger partial charge in [-0.05, 0) is 60.7 Å². The number of rotatable bonds is 10. The molecular formula is C25H32N2O2. The highest BCUT2D eigenvalue weighted by Gasteiger charge is 2.15. The van der Waals surface area contributed by atoms with Gasteiger partial charge in [0.15, 0.2) is 5.78 Å². The van der Waals surface area contributed by atoms with Gasteiger partial charge in [-0.15, -0.1) is 0 Å². The molecule has 154 valence electrons. The van der Waals surface area contributed by atoms with Gasteiger partial charge in [0.1, 0.15) is 0 Å². The van der Waals surface area contributed by atoms with Crippen molar-refractivity contribution in [3.63, 3.8) is 0 Å². The van der Waals surface area contributed by atoms with E-state index in [1.54, 1.807) is 0 Å². The van der Waals surface area contributed by atoms with Crippen LogP contribution in [0.5, 0.6) is 0 Å². The van der Waals surface area contributed by atoms with Crippen molar-refractivity contribution in [1.29, 1.82) is 0 Å². The van der Waals surface area contributed by atoms with Gasteiger partial charge < -0.3 is 5.32 Å². The third kappa shape index (κ3) is 6.01. The molecule has 1 aliphatic carbocycles. The quantitative estimate of drug-likeness (QED) is 0.614.